The summed E-state index contributed by atoms with van der Waals surface area (Å²) in [7, 11) is 0. The number of nitrogens with zero attached hydrogens (tertiary/aromatic N) is 5. The van der Waals surface area contributed by atoms with Gasteiger partial charge in [0.2, 0.25) is 0 Å². The Morgan fingerprint density at radius 2 is 1.82 bits per heavy atom. The minimum absolute atomic E-state index is 0.198. The van der Waals surface area contributed by atoms with E-state index < -0.39 is 6.03 Å². The normalized spacial score (nSPS) is 14.2. The van der Waals surface area contributed by atoms with Crippen LogP contribution in [0.25, 0.3) is 16.9 Å². The van der Waals surface area contributed by atoms with Gasteiger partial charge in [-0.3, -0.25) is 10.2 Å². The van der Waals surface area contributed by atoms with Gasteiger partial charge in [-0.25, -0.2) is 9.48 Å². The fourth-order valence-corrected chi connectivity index (χ4v) is 4.70. The molecule has 4 aromatic rings. The van der Waals surface area contributed by atoms with E-state index in [0.29, 0.717) is 40.3 Å². The van der Waals surface area contributed by atoms with Crippen molar-refractivity contribution in [2.45, 2.75) is 45.4 Å². The van der Waals surface area contributed by atoms with E-state index in [1.54, 1.807) is 22.9 Å². The molecule has 5 rings (SSSR count). The van der Waals surface area contributed by atoms with Crippen LogP contribution in [-0.2, 0) is 5.41 Å². The number of urea groups is 1. The first kappa shape index (κ1) is 27.7. The molecule has 2 amide bonds. The summed E-state index contributed by atoms with van der Waals surface area (Å²) < 4.78 is 12.9. The van der Waals surface area contributed by atoms with Gasteiger partial charge >= 0.3 is 6.03 Å². The number of piperidine rings is 1. The first-order valence-electron chi connectivity index (χ1n) is 13.5. The van der Waals surface area contributed by atoms with Crippen LogP contribution in [0.15, 0.2) is 59.3 Å². The van der Waals surface area contributed by atoms with Crippen molar-refractivity contribution in [2.24, 2.45) is 0 Å². The third-order valence-electron chi connectivity index (χ3n) is 6.71. The second-order valence-electron chi connectivity index (χ2n) is 10.9. The van der Waals surface area contributed by atoms with Crippen LogP contribution in [0.5, 0.6) is 5.75 Å². The summed E-state index contributed by atoms with van der Waals surface area (Å²) in [5.74, 6) is 1.77. The smallest absolute Gasteiger partial charge is 0.324 e. The molecule has 3 heterocycles. The zero-order chi connectivity index (χ0) is 28.1. The van der Waals surface area contributed by atoms with Crippen molar-refractivity contribution in [3.05, 3.63) is 65.5 Å². The van der Waals surface area contributed by atoms with Crippen LogP contribution >= 0.6 is 11.6 Å². The van der Waals surface area contributed by atoms with Crippen LogP contribution in [-0.4, -0.2) is 57.3 Å². The van der Waals surface area contributed by atoms with E-state index in [0.717, 1.165) is 30.9 Å². The van der Waals surface area contributed by atoms with Gasteiger partial charge in [-0.15, -0.1) is 5.10 Å². The summed E-state index contributed by atoms with van der Waals surface area (Å²) in [4.78, 5) is 14.8. The van der Waals surface area contributed by atoms with Gasteiger partial charge in [-0.2, -0.15) is 0 Å². The van der Waals surface area contributed by atoms with E-state index in [1.165, 1.54) is 19.3 Å². The number of likely N-dealkylation sites (tertiary alicyclic amines) is 1. The Kier molecular flexibility index (Phi) is 8.37. The minimum atomic E-state index is -0.416. The number of rotatable bonds is 8. The van der Waals surface area contributed by atoms with E-state index in [1.807, 2.05) is 57.3 Å². The molecule has 0 unspecified atom stereocenters. The Bertz CT molecular complexity index is 1440. The van der Waals surface area contributed by atoms with E-state index in [4.69, 9.17) is 20.9 Å². The number of anilines is 2. The fourth-order valence-electron chi connectivity index (χ4n) is 4.44. The highest BCUT2D eigenvalue weighted by Crippen LogP contribution is 2.28. The number of hydrogen-bond acceptors (Lipinski definition) is 7. The van der Waals surface area contributed by atoms with Gasteiger partial charge in [0, 0.05) is 35.3 Å². The Labute approximate surface area is 238 Å². The average Bonchev–Trinajstić information content (AvgIpc) is 3.60. The summed E-state index contributed by atoms with van der Waals surface area (Å²) >= 11 is 6.56. The summed E-state index contributed by atoms with van der Waals surface area (Å²) in [5, 5.41) is 18.5. The highest BCUT2D eigenvalue weighted by atomic mass is 35.5. The monoisotopic (exact) mass is 563 g/mol. The third-order valence-corrected chi connectivity index (χ3v) is 7.02. The molecule has 40 heavy (non-hydrogen) atoms. The second kappa shape index (κ2) is 12.1. The van der Waals surface area contributed by atoms with Crippen LogP contribution in [0.4, 0.5) is 16.3 Å². The van der Waals surface area contributed by atoms with E-state index in [2.05, 4.69) is 31.0 Å². The maximum atomic E-state index is 12.4. The molecule has 2 aromatic heterocycles. The molecule has 1 aliphatic rings. The zero-order valence-electron chi connectivity index (χ0n) is 23.0. The highest BCUT2D eigenvalue weighted by molar-refractivity contribution is 6.32. The number of aromatic nitrogens is 4. The van der Waals surface area contributed by atoms with Crippen molar-refractivity contribution in [3.63, 3.8) is 0 Å². The molecule has 210 valence electrons. The van der Waals surface area contributed by atoms with Gasteiger partial charge in [0.05, 0.1) is 16.9 Å². The maximum Gasteiger partial charge on any atom is 0.324 e. The number of nitrogens with one attached hydrogen (secondary N) is 2. The summed E-state index contributed by atoms with van der Waals surface area (Å²) in [6, 6.07) is 14.2. The minimum Gasteiger partial charge on any atom is -0.492 e. The molecule has 1 saturated heterocycles. The molecule has 2 aromatic carbocycles. The lowest BCUT2D eigenvalue weighted by Gasteiger charge is -2.26. The molecule has 0 atom stereocenters. The second-order valence-corrected chi connectivity index (χ2v) is 11.3. The molecule has 0 aliphatic carbocycles. The summed E-state index contributed by atoms with van der Waals surface area (Å²) in [5.41, 5.74) is 2.65. The zero-order valence-corrected chi connectivity index (χ0v) is 23.7. The lowest BCUT2D eigenvalue weighted by atomic mass is 9.93. The number of amides is 2. The first-order chi connectivity index (χ1) is 19.2. The quantitative estimate of drug-likeness (QED) is 0.256. The molecular weight excluding hydrogens is 530 g/mol. The lowest BCUT2D eigenvalue weighted by molar-refractivity contribution is 0.183. The summed E-state index contributed by atoms with van der Waals surface area (Å²) in [6.45, 7) is 9.88. The number of carbonyl (C=O) groups excluding carboxylic acids is 1. The van der Waals surface area contributed by atoms with Crippen LogP contribution in [0, 0.1) is 0 Å². The Morgan fingerprint density at radius 1 is 1.05 bits per heavy atom. The van der Waals surface area contributed by atoms with Crippen LogP contribution < -0.4 is 15.4 Å². The molecule has 0 saturated carbocycles. The van der Waals surface area contributed by atoms with Crippen molar-refractivity contribution < 1.29 is 14.1 Å². The van der Waals surface area contributed by atoms with Crippen molar-refractivity contribution in [1.82, 2.24) is 25.1 Å². The van der Waals surface area contributed by atoms with Crippen LogP contribution in [0.1, 0.15) is 45.8 Å². The van der Waals surface area contributed by atoms with Gasteiger partial charge < -0.3 is 14.6 Å². The lowest BCUT2D eigenvalue weighted by Crippen LogP contribution is -2.33. The molecule has 0 spiro atoms. The maximum absolute atomic E-state index is 12.4. The largest absolute Gasteiger partial charge is 0.492 e. The van der Waals surface area contributed by atoms with Crippen LogP contribution in [0.2, 0.25) is 5.02 Å². The average molecular weight is 564 g/mol. The van der Waals surface area contributed by atoms with Crippen molar-refractivity contribution in [1.29, 1.82) is 0 Å². The molecule has 11 heteroatoms. The van der Waals surface area contributed by atoms with Gasteiger partial charge in [0.15, 0.2) is 5.82 Å². The molecule has 2 N–H and O–H groups in total. The topological polar surface area (TPSA) is 110 Å². The van der Waals surface area contributed by atoms with Crippen molar-refractivity contribution in [2.75, 3.05) is 36.9 Å². The fraction of sp³-hybridized carbons (Fsp3) is 0.379. The van der Waals surface area contributed by atoms with E-state index >= 15 is 0 Å². The van der Waals surface area contributed by atoms with Gasteiger partial charge in [-0.05, 0) is 50.2 Å². The molecule has 0 bridgehead atoms. The van der Waals surface area contributed by atoms with E-state index in [9.17, 15) is 4.79 Å². The molecule has 1 aliphatic heterocycles. The van der Waals surface area contributed by atoms with E-state index in [-0.39, 0.29) is 5.41 Å². The van der Waals surface area contributed by atoms with Crippen molar-refractivity contribution >= 4 is 29.1 Å². The summed E-state index contributed by atoms with van der Waals surface area (Å²) in [6.07, 6.45) is 5.67. The number of halogens is 1. The number of hydrogen-bond donors (Lipinski definition) is 2. The number of carbonyl (C=O) groups is 1. The third kappa shape index (κ3) is 7.00. The van der Waals surface area contributed by atoms with Gasteiger partial charge in [0.1, 0.15) is 23.8 Å². The highest BCUT2D eigenvalue weighted by Gasteiger charge is 2.20. The SMILES string of the molecule is CC(C)(C)c1cc(NC(=O)Nc2ccc(-c3cn(-c4ccc(OCCN5CCCCC5)cc4Cl)nn3)cc2)no1. The standard InChI is InChI=1S/C29H34ClN7O3/c1-29(2,3)26-18-27(34-40-26)32-28(38)31-21-9-7-20(8-10-21)24-19-37(35-33-24)25-12-11-22(17-23(25)30)39-16-15-36-13-5-4-6-14-36/h7-12,17-19H,4-6,13-16H2,1-3H3,(H2,31,32,34,38). The number of benzene rings is 2. The molecule has 10 nitrogen and oxygen atoms in total. The predicted molar refractivity (Wildman–Crippen MR) is 155 cm³/mol. The predicted octanol–water partition coefficient (Wildman–Crippen LogP) is 6.38. The van der Waals surface area contributed by atoms with Gasteiger partial charge in [-0.1, -0.05) is 61.3 Å². The molecule has 1 fully saturated rings. The van der Waals surface area contributed by atoms with Crippen molar-refractivity contribution in [3.8, 4) is 22.7 Å². The van der Waals surface area contributed by atoms with Gasteiger partial charge in [0.25, 0.3) is 0 Å². The Hall–Kier alpha value is -3.89. The Balaban J connectivity index is 1.16. The molecule has 0 radical (unpaired) electrons. The Morgan fingerprint density at radius 3 is 2.52 bits per heavy atom. The number of ether oxygens (including phenoxy) is 1. The first-order valence-corrected chi connectivity index (χ1v) is 13.9. The van der Waals surface area contributed by atoms with Crippen LogP contribution in [0.3, 0.4) is 0 Å². The molecular formula is C29H34ClN7O3.